The van der Waals surface area contributed by atoms with Crippen LogP contribution in [0.25, 0.3) is 0 Å². The van der Waals surface area contributed by atoms with Crippen molar-refractivity contribution in [2.75, 3.05) is 32.7 Å². The molecule has 2 aliphatic rings. The van der Waals surface area contributed by atoms with Crippen molar-refractivity contribution in [2.45, 2.75) is 38.6 Å². The van der Waals surface area contributed by atoms with Gasteiger partial charge in [-0.1, -0.05) is 13.3 Å². The van der Waals surface area contributed by atoms with Crippen LogP contribution in [0.3, 0.4) is 0 Å². The number of nitrogens with zero attached hydrogens (tertiary/aromatic N) is 2. The van der Waals surface area contributed by atoms with Crippen molar-refractivity contribution in [3.63, 3.8) is 0 Å². The predicted octanol–water partition coefficient (Wildman–Crippen LogP) is 0.977. The fraction of sp³-hybridized carbons (Fsp3) is 0.857. The number of piperidine rings is 1. The van der Waals surface area contributed by atoms with Gasteiger partial charge >= 0.3 is 12.0 Å². The van der Waals surface area contributed by atoms with E-state index in [2.05, 4.69) is 10.2 Å². The average Bonchev–Trinajstić information content (AvgIpc) is 2.95. The Morgan fingerprint density at radius 3 is 2.60 bits per heavy atom. The first-order chi connectivity index (χ1) is 9.58. The van der Waals surface area contributed by atoms with Gasteiger partial charge in [0.05, 0.1) is 5.92 Å². The van der Waals surface area contributed by atoms with Gasteiger partial charge in [-0.3, -0.25) is 9.69 Å². The van der Waals surface area contributed by atoms with E-state index < -0.39 is 11.9 Å². The van der Waals surface area contributed by atoms with E-state index in [1.807, 2.05) is 4.90 Å². The highest BCUT2D eigenvalue weighted by Crippen LogP contribution is 2.20. The lowest BCUT2D eigenvalue weighted by atomic mass is 10.1. The zero-order valence-electron chi connectivity index (χ0n) is 12.2. The van der Waals surface area contributed by atoms with E-state index in [1.54, 1.807) is 6.92 Å². The monoisotopic (exact) mass is 283 g/mol. The Labute approximate surface area is 120 Å². The quantitative estimate of drug-likeness (QED) is 0.806. The van der Waals surface area contributed by atoms with E-state index in [1.165, 1.54) is 19.3 Å². The minimum absolute atomic E-state index is 0.127. The van der Waals surface area contributed by atoms with Gasteiger partial charge in [0.15, 0.2) is 0 Å². The molecule has 0 bridgehead atoms. The summed E-state index contributed by atoms with van der Waals surface area (Å²) in [7, 11) is 0. The molecule has 0 radical (unpaired) electrons. The molecule has 2 atom stereocenters. The van der Waals surface area contributed by atoms with Crippen LogP contribution in [0, 0.1) is 5.92 Å². The SMILES string of the molecule is CC(CNC(=O)N1CCC(N2CCCCC2)C1)C(=O)O. The zero-order valence-corrected chi connectivity index (χ0v) is 12.2. The molecule has 0 saturated carbocycles. The topological polar surface area (TPSA) is 72.9 Å². The average molecular weight is 283 g/mol. The van der Waals surface area contributed by atoms with Crippen LogP contribution < -0.4 is 5.32 Å². The number of carbonyl (C=O) groups is 2. The van der Waals surface area contributed by atoms with Gasteiger partial charge in [-0.15, -0.1) is 0 Å². The number of likely N-dealkylation sites (tertiary alicyclic amines) is 2. The summed E-state index contributed by atoms with van der Waals surface area (Å²) in [5.41, 5.74) is 0. The number of nitrogens with one attached hydrogen (secondary N) is 1. The van der Waals surface area contributed by atoms with E-state index in [0.717, 1.165) is 32.6 Å². The predicted molar refractivity (Wildman–Crippen MR) is 75.6 cm³/mol. The second kappa shape index (κ2) is 6.92. The lowest BCUT2D eigenvalue weighted by Crippen LogP contribution is -2.44. The van der Waals surface area contributed by atoms with Gasteiger partial charge in [0, 0.05) is 25.7 Å². The Bertz CT molecular complexity index is 356. The number of urea groups is 1. The molecule has 2 saturated heterocycles. The first-order valence-electron chi connectivity index (χ1n) is 7.57. The molecule has 0 aromatic rings. The van der Waals surface area contributed by atoms with Crippen LogP contribution in [0.15, 0.2) is 0 Å². The number of carboxylic acid groups (broad SMARTS) is 1. The van der Waals surface area contributed by atoms with Gasteiger partial charge in [-0.2, -0.15) is 0 Å². The van der Waals surface area contributed by atoms with Gasteiger partial charge in [-0.25, -0.2) is 4.79 Å². The van der Waals surface area contributed by atoms with Crippen molar-refractivity contribution in [3.8, 4) is 0 Å². The van der Waals surface area contributed by atoms with Gasteiger partial charge in [0.1, 0.15) is 0 Å². The van der Waals surface area contributed by atoms with Gasteiger partial charge in [0.2, 0.25) is 0 Å². The molecule has 0 spiro atoms. The molecular weight excluding hydrogens is 258 g/mol. The Hall–Kier alpha value is -1.30. The third-order valence-corrected chi connectivity index (χ3v) is 4.34. The fourth-order valence-corrected chi connectivity index (χ4v) is 2.95. The molecule has 2 fully saturated rings. The van der Waals surface area contributed by atoms with E-state index in [0.29, 0.717) is 6.04 Å². The Kier molecular flexibility index (Phi) is 5.23. The Morgan fingerprint density at radius 2 is 1.95 bits per heavy atom. The maximum Gasteiger partial charge on any atom is 0.317 e. The molecule has 2 heterocycles. The molecule has 0 aromatic heterocycles. The number of hydrogen-bond acceptors (Lipinski definition) is 3. The van der Waals surface area contributed by atoms with E-state index >= 15 is 0 Å². The van der Waals surface area contributed by atoms with E-state index in [-0.39, 0.29) is 12.6 Å². The first-order valence-corrected chi connectivity index (χ1v) is 7.57. The number of aliphatic carboxylic acids is 1. The summed E-state index contributed by atoms with van der Waals surface area (Å²) in [6, 6.07) is 0.357. The molecule has 2 rings (SSSR count). The van der Waals surface area contributed by atoms with Gasteiger partial charge < -0.3 is 15.3 Å². The minimum Gasteiger partial charge on any atom is -0.481 e. The molecule has 2 N–H and O–H groups in total. The van der Waals surface area contributed by atoms with E-state index in [4.69, 9.17) is 5.11 Å². The summed E-state index contributed by atoms with van der Waals surface area (Å²) in [4.78, 5) is 27.0. The largest absolute Gasteiger partial charge is 0.481 e. The maximum absolute atomic E-state index is 12.0. The first kappa shape index (κ1) is 15.1. The number of carbonyl (C=O) groups excluding carboxylic acids is 1. The summed E-state index contributed by atoms with van der Waals surface area (Å²) >= 11 is 0. The van der Waals surface area contributed by atoms with Crippen LogP contribution in [0.5, 0.6) is 0 Å². The minimum atomic E-state index is -0.877. The van der Waals surface area contributed by atoms with Crippen LogP contribution in [0.2, 0.25) is 0 Å². The smallest absolute Gasteiger partial charge is 0.317 e. The maximum atomic E-state index is 12.0. The highest BCUT2D eigenvalue weighted by molar-refractivity contribution is 5.76. The fourth-order valence-electron chi connectivity index (χ4n) is 2.95. The van der Waals surface area contributed by atoms with Crippen LogP contribution >= 0.6 is 0 Å². The van der Waals surface area contributed by atoms with Crippen molar-refractivity contribution in [1.29, 1.82) is 0 Å². The standard InChI is InChI=1S/C14H25N3O3/c1-11(13(18)19)9-15-14(20)17-8-5-12(10-17)16-6-3-2-4-7-16/h11-12H,2-10H2,1H3,(H,15,20)(H,18,19). The van der Waals surface area contributed by atoms with Crippen LogP contribution in [-0.2, 0) is 4.79 Å². The van der Waals surface area contributed by atoms with Crippen molar-refractivity contribution >= 4 is 12.0 Å². The number of amides is 2. The zero-order chi connectivity index (χ0) is 14.5. The molecular formula is C14H25N3O3. The molecule has 6 heteroatoms. The molecule has 114 valence electrons. The third kappa shape index (κ3) is 3.85. The summed E-state index contributed by atoms with van der Waals surface area (Å²) in [6.45, 7) is 5.64. The molecule has 0 aromatic carbocycles. The van der Waals surface area contributed by atoms with Crippen molar-refractivity contribution in [1.82, 2.24) is 15.1 Å². The molecule has 2 aliphatic heterocycles. The number of rotatable bonds is 4. The second-order valence-corrected chi connectivity index (χ2v) is 5.91. The third-order valence-electron chi connectivity index (χ3n) is 4.34. The highest BCUT2D eigenvalue weighted by atomic mass is 16.4. The van der Waals surface area contributed by atoms with Crippen LogP contribution in [-0.4, -0.2) is 65.7 Å². The van der Waals surface area contributed by atoms with E-state index in [9.17, 15) is 9.59 Å². The molecule has 2 unspecified atom stereocenters. The van der Waals surface area contributed by atoms with Crippen molar-refractivity contribution in [2.24, 2.45) is 5.92 Å². The van der Waals surface area contributed by atoms with Gasteiger partial charge in [0.25, 0.3) is 0 Å². The van der Waals surface area contributed by atoms with Crippen LogP contribution in [0.1, 0.15) is 32.6 Å². The molecule has 0 aliphatic carbocycles. The van der Waals surface area contributed by atoms with Crippen molar-refractivity contribution < 1.29 is 14.7 Å². The molecule has 2 amide bonds. The Morgan fingerprint density at radius 1 is 1.25 bits per heavy atom. The molecule has 20 heavy (non-hydrogen) atoms. The lowest BCUT2D eigenvalue weighted by Gasteiger charge is -2.32. The highest BCUT2D eigenvalue weighted by Gasteiger charge is 2.31. The number of hydrogen-bond donors (Lipinski definition) is 2. The van der Waals surface area contributed by atoms with Crippen LogP contribution in [0.4, 0.5) is 4.79 Å². The molecule has 6 nitrogen and oxygen atoms in total. The second-order valence-electron chi connectivity index (χ2n) is 5.91. The van der Waals surface area contributed by atoms with Gasteiger partial charge in [-0.05, 0) is 32.4 Å². The Balaban J connectivity index is 1.74. The number of carboxylic acids is 1. The van der Waals surface area contributed by atoms with Crippen molar-refractivity contribution in [3.05, 3.63) is 0 Å². The normalized spacial score (nSPS) is 25.4. The summed E-state index contributed by atoms with van der Waals surface area (Å²) in [5.74, 6) is -1.42. The summed E-state index contributed by atoms with van der Waals surface area (Å²) < 4.78 is 0. The summed E-state index contributed by atoms with van der Waals surface area (Å²) in [5, 5.41) is 11.5. The lowest BCUT2D eigenvalue weighted by molar-refractivity contribution is -0.140. The summed E-state index contributed by atoms with van der Waals surface area (Å²) in [6.07, 6.45) is 4.88.